The van der Waals surface area contributed by atoms with Gasteiger partial charge in [0.15, 0.2) is 17.2 Å². The Bertz CT molecular complexity index is 913. The molecule has 1 fully saturated rings. The van der Waals surface area contributed by atoms with E-state index in [9.17, 15) is 18.0 Å². The second kappa shape index (κ2) is 6.51. The van der Waals surface area contributed by atoms with Crippen molar-refractivity contribution < 1.29 is 22.7 Å². The van der Waals surface area contributed by atoms with Crippen molar-refractivity contribution in [1.82, 2.24) is 0 Å². The summed E-state index contributed by atoms with van der Waals surface area (Å²) in [6, 6.07) is 12.7. The molecule has 0 saturated heterocycles. The third kappa shape index (κ3) is 2.93. The number of aliphatic imine (C=N–C) groups is 1. The Labute approximate surface area is 154 Å². The fraction of sp³-hybridized carbons (Fsp3) is 0.333. The number of nitrogens with zero attached hydrogens (tertiary/aromatic N) is 1. The maximum Gasteiger partial charge on any atom is 0.268 e. The molecule has 0 N–H and O–H groups in total. The number of ether oxygens (including phenoxy) is 1. The second-order valence-corrected chi connectivity index (χ2v) is 7.01. The molecule has 27 heavy (non-hydrogen) atoms. The number of hydrogen-bond donors (Lipinski definition) is 0. The number of Topliss-reactive ketones (excluding diaryl/α,β-unsaturated/α-hetero) is 1. The molecule has 0 amide bonds. The largest absolute Gasteiger partial charge is 0.477 e. The van der Waals surface area contributed by atoms with E-state index in [0.717, 1.165) is 0 Å². The van der Waals surface area contributed by atoms with Gasteiger partial charge in [-0.05, 0) is 30.5 Å². The van der Waals surface area contributed by atoms with Crippen LogP contribution in [-0.4, -0.2) is 24.2 Å². The van der Waals surface area contributed by atoms with Gasteiger partial charge in [-0.2, -0.15) is 0 Å². The minimum absolute atomic E-state index is 0.00781. The SMILES string of the molecule is Cc1c(F)cccc1[C@@]1(C(F)F)N=C(CC(=O)c2ccccc2)O[C@@H]2C[C@@H]21. The van der Waals surface area contributed by atoms with E-state index in [1.807, 2.05) is 0 Å². The average molecular weight is 373 g/mol. The third-order valence-electron chi connectivity index (χ3n) is 5.33. The highest BCUT2D eigenvalue weighted by molar-refractivity contribution is 6.07. The maximum atomic E-state index is 14.3. The van der Waals surface area contributed by atoms with Crippen molar-refractivity contribution in [3.63, 3.8) is 0 Å². The van der Waals surface area contributed by atoms with Crippen molar-refractivity contribution in [2.24, 2.45) is 10.9 Å². The van der Waals surface area contributed by atoms with Crippen molar-refractivity contribution in [3.05, 3.63) is 71.0 Å². The van der Waals surface area contributed by atoms with E-state index in [-0.39, 0.29) is 29.2 Å². The summed E-state index contributed by atoms with van der Waals surface area (Å²) in [7, 11) is 0. The van der Waals surface area contributed by atoms with Crippen molar-refractivity contribution >= 4 is 11.7 Å². The minimum Gasteiger partial charge on any atom is -0.477 e. The van der Waals surface area contributed by atoms with E-state index in [4.69, 9.17) is 4.74 Å². The Morgan fingerprint density at radius 1 is 1.22 bits per heavy atom. The molecule has 2 aliphatic rings. The van der Waals surface area contributed by atoms with Gasteiger partial charge in [0.05, 0.1) is 6.42 Å². The topological polar surface area (TPSA) is 38.7 Å². The number of alkyl halides is 2. The molecule has 140 valence electrons. The van der Waals surface area contributed by atoms with Gasteiger partial charge in [0.2, 0.25) is 0 Å². The summed E-state index contributed by atoms with van der Waals surface area (Å²) in [5.74, 6) is -1.33. The molecule has 1 aliphatic heterocycles. The third-order valence-corrected chi connectivity index (χ3v) is 5.33. The smallest absolute Gasteiger partial charge is 0.268 e. The molecule has 0 spiro atoms. The summed E-state index contributed by atoms with van der Waals surface area (Å²) >= 11 is 0. The average Bonchev–Trinajstić information content (AvgIpc) is 3.44. The highest BCUT2D eigenvalue weighted by atomic mass is 19.3. The maximum absolute atomic E-state index is 14.3. The lowest BCUT2D eigenvalue weighted by Crippen LogP contribution is -2.42. The van der Waals surface area contributed by atoms with Crippen LogP contribution in [-0.2, 0) is 10.3 Å². The van der Waals surface area contributed by atoms with Crippen LogP contribution in [0.4, 0.5) is 13.2 Å². The molecule has 2 aromatic rings. The Morgan fingerprint density at radius 3 is 2.67 bits per heavy atom. The normalized spacial score (nSPS) is 26.2. The zero-order valence-corrected chi connectivity index (χ0v) is 14.7. The van der Waals surface area contributed by atoms with Gasteiger partial charge in [0.25, 0.3) is 6.43 Å². The number of rotatable bonds is 5. The molecule has 0 unspecified atom stereocenters. The fourth-order valence-electron chi connectivity index (χ4n) is 3.83. The van der Waals surface area contributed by atoms with E-state index >= 15 is 0 Å². The molecule has 0 radical (unpaired) electrons. The van der Waals surface area contributed by atoms with Gasteiger partial charge in [-0.25, -0.2) is 18.2 Å². The van der Waals surface area contributed by atoms with Crippen molar-refractivity contribution in [2.75, 3.05) is 0 Å². The number of halogens is 3. The van der Waals surface area contributed by atoms with Crippen molar-refractivity contribution in [3.8, 4) is 0 Å². The molecule has 3 atom stereocenters. The highest BCUT2D eigenvalue weighted by Gasteiger charge is 2.64. The van der Waals surface area contributed by atoms with Gasteiger partial charge in [-0.1, -0.05) is 42.5 Å². The van der Waals surface area contributed by atoms with E-state index in [2.05, 4.69) is 4.99 Å². The Kier molecular flexibility index (Phi) is 4.29. The van der Waals surface area contributed by atoms with Crippen LogP contribution in [0.15, 0.2) is 53.5 Å². The van der Waals surface area contributed by atoms with Crippen LogP contribution in [0.3, 0.4) is 0 Å². The molecule has 2 aromatic carbocycles. The first-order chi connectivity index (χ1) is 12.9. The summed E-state index contributed by atoms with van der Waals surface area (Å²) in [5, 5.41) is 0. The van der Waals surface area contributed by atoms with E-state index < -0.39 is 29.8 Å². The molecule has 1 aliphatic carbocycles. The number of fused-ring (bicyclic) bond motifs is 1. The van der Waals surface area contributed by atoms with Crippen LogP contribution in [0, 0.1) is 18.7 Å². The zero-order chi connectivity index (χ0) is 19.2. The quantitative estimate of drug-likeness (QED) is 0.714. The van der Waals surface area contributed by atoms with Gasteiger partial charge in [0, 0.05) is 11.5 Å². The van der Waals surface area contributed by atoms with Crippen molar-refractivity contribution in [1.29, 1.82) is 0 Å². The first kappa shape index (κ1) is 17.8. The van der Waals surface area contributed by atoms with E-state index in [1.54, 1.807) is 30.3 Å². The lowest BCUT2D eigenvalue weighted by atomic mass is 9.82. The molecule has 1 heterocycles. The van der Waals surface area contributed by atoms with Crippen LogP contribution in [0.2, 0.25) is 0 Å². The lowest BCUT2D eigenvalue weighted by molar-refractivity contribution is 0.0187. The summed E-state index contributed by atoms with van der Waals surface area (Å²) < 4.78 is 48.3. The van der Waals surface area contributed by atoms with Gasteiger partial charge in [0.1, 0.15) is 11.9 Å². The highest BCUT2D eigenvalue weighted by Crippen LogP contribution is 2.56. The summed E-state index contributed by atoms with van der Waals surface area (Å²) in [4.78, 5) is 16.7. The van der Waals surface area contributed by atoms with Crippen LogP contribution in [0.1, 0.15) is 34.3 Å². The molecule has 3 nitrogen and oxygen atoms in total. The number of carbonyl (C=O) groups excluding carboxylic acids is 1. The number of ketones is 1. The van der Waals surface area contributed by atoms with Crippen molar-refractivity contribution in [2.45, 2.75) is 37.8 Å². The minimum atomic E-state index is -2.83. The van der Waals surface area contributed by atoms with Gasteiger partial charge in [-0.15, -0.1) is 0 Å². The Balaban J connectivity index is 1.74. The predicted molar refractivity (Wildman–Crippen MR) is 94.6 cm³/mol. The summed E-state index contributed by atoms with van der Waals surface area (Å²) in [6.07, 6.45) is -3.04. The van der Waals surface area contributed by atoms with E-state index in [1.165, 1.54) is 25.1 Å². The molecular formula is C21H18F3NO2. The lowest BCUT2D eigenvalue weighted by Gasteiger charge is -2.35. The van der Waals surface area contributed by atoms with E-state index in [0.29, 0.717) is 12.0 Å². The first-order valence-electron chi connectivity index (χ1n) is 8.81. The van der Waals surface area contributed by atoms with Crippen LogP contribution in [0.25, 0.3) is 0 Å². The Morgan fingerprint density at radius 2 is 1.96 bits per heavy atom. The summed E-state index contributed by atoms with van der Waals surface area (Å²) in [5.41, 5.74) is -1.09. The van der Waals surface area contributed by atoms with Gasteiger partial charge >= 0.3 is 0 Å². The second-order valence-electron chi connectivity index (χ2n) is 7.01. The van der Waals surface area contributed by atoms with Crippen LogP contribution < -0.4 is 0 Å². The number of hydrogen-bond acceptors (Lipinski definition) is 3. The fourth-order valence-corrected chi connectivity index (χ4v) is 3.83. The molecule has 4 rings (SSSR count). The number of carbonyl (C=O) groups is 1. The van der Waals surface area contributed by atoms with Gasteiger partial charge in [-0.3, -0.25) is 4.79 Å². The van der Waals surface area contributed by atoms with Crippen LogP contribution in [0.5, 0.6) is 0 Å². The Hall–Kier alpha value is -2.63. The molecule has 0 aromatic heterocycles. The number of benzene rings is 2. The zero-order valence-electron chi connectivity index (χ0n) is 14.7. The first-order valence-corrected chi connectivity index (χ1v) is 8.81. The molecule has 0 bridgehead atoms. The van der Waals surface area contributed by atoms with Gasteiger partial charge < -0.3 is 4.74 Å². The monoisotopic (exact) mass is 373 g/mol. The molecular weight excluding hydrogens is 355 g/mol. The molecule has 6 heteroatoms. The summed E-state index contributed by atoms with van der Waals surface area (Å²) in [6.45, 7) is 1.48. The standard InChI is InChI=1S/C21H18F3NO2/c1-12-14(8-5-9-16(12)22)21(20(23)24)15-10-18(15)27-19(25-21)11-17(26)13-6-3-2-4-7-13/h2-9,15,18,20H,10-11H2,1H3/t15-,18+,21+/m0/s1. The molecule has 1 saturated carbocycles. The predicted octanol–water partition coefficient (Wildman–Crippen LogP) is 4.68. The van der Waals surface area contributed by atoms with Crippen LogP contribution >= 0.6 is 0 Å².